The smallest absolute Gasteiger partial charge is 0.245 e. The minimum atomic E-state index is -0.571. The van der Waals surface area contributed by atoms with Crippen molar-refractivity contribution in [1.82, 2.24) is 10.2 Å². The minimum Gasteiger partial charge on any atom is -0.354 e. The van der Waals surface area contributed by atoms with Crippen LogP contribution in [-0.4, -0.2) is 35.3 Å². The fraction of sp³-hybridized carbons (Fsp3) is 0.529. The van der Waals surface area contributed by atoms with Crippen molar-refractivity contribution >= 4 is 11.8 Å². The number of hydrogen-bond acceptors (Lipinski definition) is 2. The summed E-state index contributed by atoms with van der Waals surface area (Å²) in [6.07, 6.45) is 3.88. The van der Waals surface area contributed by atoms with Crippen LogP contribution in [0.5, 0.6) is 0 Å². The molecule has 3 rings (SSSR count). The molecule has 0 bridgehead atoms. The average molecular weight is 286 g/mol. The van der Waals surface area contributed by atoms with E-state index in [0.717, 1.165) is 43.4 Å². The zero-order chi connectivity index (χ0) is 14.9. The molecule has 1 N–H and O–H groups in total. The van der Waals surface area contributed by atoms with Crippen molar-refractivity contribution in [3.8, 4) is 0 Å². The number of amides is 2. The molecule has 0 radical (unpaired) electrons. The molecule has 2 aliphatic rings. The van der Waals surface area contributed by atoms with Gasteiger partial charge in [-0.15, -0.1) is 0 Å². The molecule has 2 saturated heterocycles. The molecule has 112 valence electrons. The second-order valence-corrected chi connectivity index (χ2v) is 6.14. The van der Waals surface area contributed by atoms with Gasteiger partial charge in [-0.05, 0) is 43.7 Å². The summed E-state index contributed by atoms with van der Waals surface area (Å²) in [4.78, 5) is 26.9. The Kier molecular flexibility index (Phi) is 3.70. The SMILES string of the molecule is Cc1ccccc1CC(=O)N1CCCC12CCCNC2=O. The Labute approximate surface area is 125 Å². The van der Waals surface area contributed by atoms with Crippen molar-refractivity contribution in [2.24, 2.45) is 0 Å². The molecule has 2 fully saturated rings. The number of aryl methyl sites for hydroxylation is 1. The maximum absolute atomic E-state index is 12.7. The third-order valence-corrected chi connectivity index (χ3v) is 4.87. The Balaban J connectivity index is 1.80. The molecule has 0 aromatic heterocycles. The average Bonchev–Trinajstić information content (AvgIpc) is 2.89. The third-order valence-electron chi connectivity index (χ3n) is 4.87. The van der Waals surface area contributed by atoms with Gasteiger partial charge in [0.2, 0.25) is 11.8 Å². The molecule has 2 amide bonds. The van der Waals surface area contributed by atoms with Crippen LogP contribution in [0.2, 0.25) is 0 Å². The number of carbonyl (C=O) groups is 2. The highest BCUT2D eigenvalue weighted by Crippen LogP contribution is 2.36. The molecule has 0 aliphatic carbocycles. The van der Waals surface area contributed by atoms with Crippen LogP contribution < -0.4 is 5.32 Å². The highest BCUT2D eigenvalue weighted by Gasteiger charge is 2.50. The number of benzene rings is 1. The molecule has 2 aliphatic heterocycles. The fourth-order valence-corrected chi connectivity index (χ4v) is 3.67. The van der Waals surface area contributed by atoms with Gasteiger partial charge < -0.3 is 10.2 Å². The molecule has 1 unspecified atom stereocenters. The minimum absolute atomic E-state index is 0.0457. The first-order chi connectivity index (χ1) is 10.1. The lowest BCUT2D eigenvalue weighted by molar-refractivity contribution is -0.146. The maximum atomic E-state index is 12.7. The van der Waals surface area contributed by atoms with Crippen molar-refractivity contribution in [3.63, 3.8) is 0 Å². The Morgan fingerprint density at radius 3 is 2.81 bits per heavy atom. The van der Waals surface area contributed by atoms with E-state index in [2.05, 4.69) is 5.32 Å². The molecular weight excluding hydrogens is 264 g/mol. The summed E-state index contributed by atoms with van der Waals surface area (Å²) in [6.45, 7) is 3.47. The summed E-state index contributed by atoms with van der Waals surface area (Å²) in [5.41, 5.74) is 1.62. The summed E-state index contributed by atoms with van der Waals surface area (Å²) in [5.74, 6) is 0.128. The van der Waals surface area contributed by atoms with Gasteiger partial charge in [-0.3, -0.25) is 9.59 Å². The molecule has 4 heteroatoms. The highest BCUT2D eigenvalue weighted by atomic mass is 16.2. The van der Waals surface area contributed by atoms with E-state index >= 15 is 0 Å². The Bertz CT molecular complexity index is 570. The zero-order valence-corrected chi connectivity index (χ0v) is 12.5. The van der Waals surface area contributed by atoms with Crippen molar-refractivity contribution in [1.29, 1.82) is 0 Å². The maximum Gasteiger partial charge on any atom is 0.245 e. The van der Waals surface area contributed by atoms with Gasteiger partial charge in [-0.1, -0.05) is 24.3 Å². The predicted octanol–water partition coefficient (Wildman–Crippen LogP) is 1.81. The second kappa shape index (κ2) is 5.51. The summed E-state index contributed by atoms with van der Waals surface area (Å²) >= 11 is 0. The Morgan fingerprint density at radius 1 is 1.29 bits per heavy atom. The van der Waals surface area contributed by atoms with E-state index < -0.39 is 5.54 Å². The number of piperidine rings is 1. The van der Waals surface area contributed by atoms with Gasteiger partial charge in [0, 0.05) is 13.1 Å². The van der Waals surface area contributed by atoms with Gasteiger partial charge in [0.25, 0.3) is 0 Å². The highest BCUT2D eigenvalue weighted by molar-refractivity contribution is 5.93. The Morgan fingerprint density at radius 2 is 2.05 bits per heavy atom. The van der Waals surface area contributed by atoms with Crippen LogP contribution >= 0.6 is 0 Å². The molecule has 21 heavy (non-hydrogen) atoms. The second-order valence-electron chi connectivity index (χ2n) is 6.14. The standard InChI is InChI=1S/C17H22N2O2/c1-13-6-2-3-7-14(13)12-15(20)19-11-5-9-17(19)8-4-10-18-16(17)21/h2-3,6-7H,4-5,8-12H2,1H3,(H,18,21). The molecule has 1 spiro atoms. The van der Waals surface area contributed by atoms with E-state index in [-0.39, 0.29) is 11.8 Å². The molecule has 2 heterocycles. The van der Waals surface area contributed by atoms with Crippen molar-refractivity contribution < 1.29 is 9.59 Å². The van der Waals surface area contributed by atoms with Crippen molar-refractivity contribution in [2.45, 2.75) is 44.6 Å². The van der Waals surface area contributed by atoms with Gasteiger partial charge in [-0.2, -0.15) is 0 Å². The van der Waals surface area contributed by atoms with E-state index in [1.54, 1.807) is 0 Å². The zero-order valence-electron chi connectivity index (χ0n) is 12.5. The monoisotopic (exact) mass is 286 g/mol. The van der Waals surface area contributed by atoms with E-state index in [0.29, 0.717) is 13.0 Å². The third kappa shape index (κ3) is 2.43. The lowest BCUT2D eigenvalue weighted by atomic mass is 9.86. The van der Waals surface area contributed by atoms with Gasteiger partial charge >= 0.3 is 0 Å². The lowest BCUT2D eigenvalue weighted by Gasteiger charge is -2.40. The van der Waals surface area contributed by atoms with Crippen molar-refractivity contribution in [2.75, 3.05) is 13.1 Å². The fourth-order valence-electron chi connectivity index (χ4n) is 3.67. The van der Waals surface area contributed by atoms with Crippen LogP contribution in [0.1, 0.15) is 36.8 Å². The van der Waals surface area contributed by atoms with Crippen LogP contribution in [0, 0.1) is 6.92 Å². The quantitative estimate of drug-likeness (QED) is 0.901. The lowest BCUT2D eigenvalue weighted by Crippen LogP contribution is -2.60. The van der Waals surface area contributed by atoms with Crippen LogP contribution in [0.25, 0.3) is 0 Å². The molecule has 1 atom stereocenters. The molecule has 0 saturated carbocycles. The van der Waals surface area contributed by atoms with Gasteiger partial charge in [0.1, 0.15) is 5.54 Å². The molecule has 1 aromatic rings. The summed E-state index contributed by atoms with van der Waals surface area (Å²) < 4.78 is 0. The number of likely N-dealkylation sites (tertiary alicyclic amines) is 1. The normalized spacial score (nSPS) is 25.2. The van der Waals surface area contributed by atoms with E-state index in [4.69, 9.17) is 0 Å². The van der Waals surface area contributed by atoms with Gasteiger partial charge in [0.05, 0.1) is 6.42 Å². The summed E-state index contributed by atoms with van der Waals surface area (Å²) in [7, 11) is 0. The van der Waals surface area contributed by atoms with Crippen LogP contribution in [0.3, 0.4) is 0 Å². The van der Waals surface area contributed by atoms with Crippen LogP contribution in [0.15, 0.2) is 24.3 Å². The first kappa shape index (κ1) is 14.1. The molecular formula is C17H22N2O2. The Hall–Kier alpha value is -1.84. The number of nitrogens with zero attached hydrogens (tertiary/aromatic N) is 1. The largest absolute Gasteiger partial charge is 0.354 e. The summed E-state index contributed by atoms with van der Waals surface area (Å²) in [5, 5.41) is 2.94. The van der Waals surface area contributed by atoms with E-state index in [1.165, 1.54) is 0 Å². The van der Waals surface area contributed by atoms with Crippen molar-refractivity contribution in [3.05, 3.63) is 35.4 Å². The van der Waals surface area contributed by atoms with Gasteiger partial charge in [-0.25, -0.2) is 0 Å². The topological polar surface area (TPSA) is 49.4 Å². The number of carbonyl (C=O) groups excluding carboxylic acids is 2. The van der Waals surface area contributed by atoms with Crippen LogP contribution in [-0.2, 0) is 16.0 Å². The predicted molar refractivity (Wildman–Crippen MR) is 80.8 cm³/mol. The van der Waals surface area contributed by atoms with Crippen LogP contribution in [0.4, 0.5) is 0 Å². The first-order valence-electron chi connectivity index (χ1n) is 7.77. The summed E-state index contributed by atoms with van der Waals surface area (Å²) in [6, 6.07) is 7.96. The number of nitrogens with one attached hydrogen (secondary N) is 1. The van der Waals surface area contributed by atoms with E-state index in [9.17, 15) is 9.59 Å². The van der Waals surface area contributed by atoms with E-state index in [1.807, 2.05) is 36.1 Å². The first-order valence-corrected chi connectivity index (χ1v) is 7.77. The van der Waals surface area contributed by atoms with Gasteiger partial charge in [0.15, 0.2) is 0 Å². The number of hydrogen-bond donors (Lipinski definition) is 1. The number of rotatable bonds is 2. The molecule has 4 nitrogen and oxygen atoms in total. The molecule has 1 aromatic carbocycles.